The summed E-state index contributed by atoms with van der Waals surface area (Å²) in [5.41, 5.74) is 0.181. The number of aliphatic hydroxyl groups is 1. The van der Waals surface area contributed by atoms with Gasteiger partial charge in [-0.25, -0.2) is 4.39 Å². The molecule has 2 rings (SSSR count). The normalized spacial score (nSPS) is 29.6. The Morgan fingerprint density at radius 1 is 1.56 bits per heavy atom. The van der Waals surface area contributed by atoms with E-state index in [0.717, 1.165) is 24.8 Å². The van der Waals surface area contributed by atoms with Crippen molar-refractivity contribution in [3.8, 4) is 0 Å². The van der Waals surface area contributed by atoms with Gasteiger partial charge in [0.25, 0.3) is 0 Å². The Kier molecular flexibility index (Phi) is 3.22. The van der Waals surface area contributed by atoms with Crippen LogP contribution in [0.25, 0.3) is 0 Å². The summed E-state index contributed by atoms with van der Waals surface area (Å²) in [6.45, 7) is 2.14. The van der Waals surface area contributed by atoms with E-state index in [1.807, 2.05) is 0 Å². The van der Waals surface area contributed by atoms with Gasteiger partial charge in [-0.3, -0.25) is 0 Å². The molecule has 3 heteroatoms. The summed E-state index contributed by atoms with van der Waals surface area (Å²) in [7, 11) is 0. The van der Waals surface area contributed by atoms with Crippen molar-refractivity contribution in [1.82, 2.24) is 0 Å². The standard InChI is InChI=1S/C13H16ClFO/c1-9-4-5-13(16,7-9)8-10-2-3-11(15)6-12(10)14/h2-3,6,9,16H,4-5,7-8H2,1H3. The summed E-state index contributed by atoms with van der Waals surface area (Å²) < 4.78 is 12.9. The van der Waals surface area contributed by atoms with Crippen molar-refractivity contribution in [2.24, 2.45) is 5.92 Å². The molecule has 0 amide bonds. The van der Waals surface area contributed by atoms with Crippen LogP contribution in [0, 0.1) is 11.7 Å². The number of rotatable bonds is 2. The van der Waals surface area contributed by atoms with Gasteiger partial charge in [0.1, 0.15) is 5.82 Å². The molecule has 2 atom stereocenters. The van der Waals surface area contributed by atoms with E-state index in [0.29, 0.717) is 17.4 Å². The molecule has 1 aromatic rings. The molecule has 0 heterocycles. The van der Waals surface area contributed by atoms with Crippen LogP contribution in [-0.4, -0.2) is 10.7 Å². The molecule has 1 saturated carbocycles. The van der Waals surface area contributed by atoms with E-state index in [9.17, 15) is 9.50 Å². The first-order chi connectivity index (χ1) is 7.48. The molecule has 0 aromatic heterocycles. The Bertz CT molecular complexity index is 394. The van der Waals surface area contributed by atoms with Crippen LogP contribution in [0.1, 0.15) is 31.7 Å². The van der Waals surface area contributed by atoms with Crippen molar-refractivity contribution in [3.05, 3.63) is 34.6 Å². The maximum atomic E-state index is 12.9. The average Bonchev–Trinajstić information content (AvgIpc) is 2.52. The predicted octanol–water partition coefficient (Wildman–Crippen LogP) is 3.57. The number of benzene rings is 1. The smallest absolute Gasteiger partial charge is 0.124 e. The van der Waals surface area contributed by atoms with Gasteiger partial charge in [-0.2, -0.15) is 0 Å². The molecule has 1 nitrogen and oxygen atoms in total. The molecule has 0 radical (unpaired) electrons. The molecule has 1 aliphatic carbocycles. The van der Waals surface area contributed by atoms with E-state index < -0.39 is 5.60 Å². The molecule has 1 fully saturated rings. The van der Waals surface area contributed by atoms with Gasteiger partial charge in [0.2, 0.25) is 0 Å². The fourth-order valence-electron chi connectivity index (χ4n) is 2.55. The summed E-state index contributed by atoms with van der Waals surface area (Å²) in [6, 6.07) is 4.36. The van der Waals surface area contributed by atoms with Crippen molar-refractivity contribution in [1.29, 1.82) is 0 Å². The lowest BCUT2D eigenvalue weighted by Gasteiger charge is -2.23. The van der Waals surface area contributed by atoms with Crippen molar-refractivity contribution < 1.29 is 9.50 Å². The van der Waals surface area contributed by atoms with Gasteiger partial charge in [0.15, 0.2) is 0 Å². The number of halogens is 2. The monoisotopic (exact) mass is 242 g/mol. The first-order valence-corrected chi connectivity index (χ1v) is 6.03. The number of hydrogen-bond donors (Lipinski definition) is 1. The van der Waals surface area contributed by atoms with Crippen LogP contribution < -0.4 is 0 Å². The second-order valence-electron chi connectivity index (χ2n) is 4.98. The van der Waals surface area contributed by atoms with Gasteiger partial charge in [-0.1, -0.05) is 24.6 Å². The third-order valence-corrected chi connectivity index (χ3v) is 3.72. The zero-order valence-corrected chi connectivity index (χ0v) is 10.1. The maximum absolute atomic E-state index is 12.9. The van der Waals surface area contributed by atoms with Crippen LogP contribution in [0.2, 0.25) is 5.02 Å². The Hall–Kier alpha value is -0.600. The van der Waals surface area contributed by atoms with Gasteiger partial charge in [-0.15, -0.1) is 0 Å². The van der Waals surface area contributed by atoms with Gasteiger partial charge in [0.05, 0.1) is 5.60 Å². The zero-order valence-electron chi connectivity index (χ0n) is 9.34. The van der Waals surface area contributed by atoms with Crippen LogP contribution in [-0.2, 0) is 6.42 Å². The van der Waals surface area contributed by atoms with E-state index in [2.05, 4.69) is 6.92 Å². The summed E-state index contributed by atoms with van der Waals surface area (Å²) in [4.78, 5) is 0. The molecule has 0 bridgehead atoms. The molecule has 0 saturated heterocycles. The zero-order chi connectivity index (χ0) is 11.8. The van der Waals surface area contributed by atoms with Gasteiger partial charge in [0, 0.05) is 11.4 Å². The Morgan fingerprint density at radius 2 is 2.31 bits per heavy atom. The van der Waals surface area contributed by atoms with Crippen molar-refractivity contribution in [2.75, 3.05) is 0 Å². The van der Waals surface area contributed by atoms with Crippen molar-refractivity contribution >= 4 is 11.6 Å². The van der Waals surface area contributed by atoms with Crippen molar-refractivity contribution in [3.63, 3.8) is 0 Å². The van der Waals surface area contributed by atoms with Crippen molar-refractivity contribution in [2.45, 2.75) is 38.2 Å². The molecule has 1 aliphatic rings. The highest BCUT2D eigenvalue weighted by Gasteiger charge is 2.35. The van der Waals surface area contributed by atoms with Gasteiger partial charge < -0.3 is 5.11 Å². The minimum atomic E-state index is -0.652. The largest absolute Gasteiger partial charge is 0.390 e. The van der Waals surface area contributed by atoms with E-state index in [1.165, 1.54) is 12.1 Å². The molecule has 0 aliphatic heterocycles. The molecule has 1 aromatic carbocycles. The summed E-state index contributed by atoms with van der Waals surface area (Å²) in [5.74, 6) is 0.227. The highest BCUT2D eigenvalue weighted by Crippen LogP contribution is 2.37. The first kappa shape index (κ1) is 11.9. The van der Waals surface area contributed by atoms with Crippen LogP contribution >= 0.6 is 11.6 Å². The highest BCUT2D eigenvalue weighted by atomic mass is 35.5. The first-order valence-electron chi connectivity index (χ1n) is 5.65. The van der Waals surface area contributed by atoms with Crippen LogP contribution in [0.3, 0.4) is 0 Å². The fraction of sp³-hybridized carbons (Fsp3) is 0.538. The minimum absolute atomic E-state index is 0.333. The Balaban J connectivity index is 2.14. The Labute approximate surface area is 100 Å². The summed E-state index contributed by atoms with van der Waals surface area (Å²) >= 11 is 5.96. The second kappa shape index (κ2) is 4.34. The van der Waals surface area contributed by atoms with Crippen LogP contribution in [0.4, 0.5) is 4.39 Å². The molecule has 1 N–H and O–H groups in total. The van der Waals surface area contributed by atoms with E-state index in [4.69, 9.17) is 11.6 Å². The third kappa shape index (κ3) is 2.55. The topological polar surface area (TPSA) is 20.2 Å². The quantitative estimate of drug-likeness (QED) is 0.841. The third-order valence-electron chi connectivity index (χ3n) is 3.37. The van der Waals surface area contributed by atoms with Gasteiger partial charge in [-0.05, 0) is 42.9 Å². The van der Waals surface area contributed by atoms with Gasteiger partial charge >= 0.3 is 0 Å². The van der Waals surface area contributed by atoms with Crippen LogP contribution in [0.15, 0.2) is 18.2 Å². The van der Waals surface area contributed by atoms with E-state index in [-0.39, 0.29) is 5.82 Å². The second-order valence-corrected chi connectivity index (χ2v) is 5.39. The highest BCUT2D eigenvalue weighted by molar-refractivity contribution is 6.31. The lowest BCUT2D eigenvalue weighted by Crippen LogP contribution is -2.27. The molecule has 2 unspecified atom stereocenters. The SMILES string of the molecule is CC1CCC(O)(Cc2ccc(F)cc2Cl)C1. The molecular weight excluding hydrogens is 227 g/mol. The van der Waals surface area contributed by atoms with E-state index >= 15 is 0 Å². The molecule has 88 valence electrons. The average molecular weight is 243 g/mol. The lowest BCUT2D eigenvalue weighted by molar-refractivity contribution is 0.0446. The van der Waals surface area contributed by atoms with E-state index in [1.54, 1.807) is 6.07 Å². The summed E-state index contributed by atoms with van der Waals surface area (Å²) in [6.07, 6.45) is 3.19. The minimum Gasteiger partial charge on any atom is -0.390 e. The lowest BCUT2D eigenvalue weighted by atomic mass is 9.92. The summed E-state index contributed by atoms with van der Waals surface area (Å²) in [5, 5.41) is 10.8. The number of hydrogen-bond acceptors (Lipinski definition) is 1. The molecular formula is C13H16ClFO. The fourth-order valence-corrected chi connectivity index (χ4v) is 2.78. The van der Waals surface area contributed by atoms with Crippen LogP contribution in [0.5, 0.6) is 0 Å². The molecule has 16 heavy (non-hydrogen) atoms. The predicted molar refractivity (Wildman–Crippen MR) is 63.1 cm³/mol. The molecule has 0 spiro atoms. The Morgan fingerprint density at radius 3 is 2.88 bits per heavy atom. The maximum Gasteiger partial charge on any atom is 0.124 e.